The normalized spacial score (nSPS) is 21.9. The van der Waals surface area contributed by atoms with Crippen LogP contribution in [0.15, 0.2) is 35.7 Å². The van der Waals surface area contributed by atoms with Gasteiger partial charge in [-0.1, -0.05) is 30.3 Å². The fourth-order valence-corrected chi connectivity index (χ4v) is 3.47. The van der Waals surface area contributed by atoms with Crippen molar-refractivity contribution in [1.29, 1.82) is 0 Å². The molecule has 4 nitrogen and oxygen atoms in total. The molecule has 1 aromatic carbocycles. The molecule has 0 saturated heterocycles. The van der Waals surface area contributed by atoms with Gasteiger partial charge in [0.1, 0.15) is 5.69 Å². The molecule has 2 aromatic rings. The van der Waals surface area contributed by atoms with Gasteiger partial charge >= 0.3 is 0 Å². The summed E-state index contributed by atoms with van der Waals surface area (Å²) in [6.45, 7) is 1.89. The number of nitrogens with zero attached hydrogens (tertiary/aromatic N) is 1. The third-order valence-electron chi connectivity index (χ3n) is 4.19. The van der Waals surface area contributed by atoms with Crippen LogP contribution in [0.1, 0.15) is 33.9 Å². The van der Waals surface area contributed by atoms with Gasteiger partial charge in [0.2, 0.25) is 0 Å². The van der Waals surface area contributed by atoms with Gasteiger partial charge in [0.15, 0.2) is 0 Å². The van der Waals surface area contributed by atoms with Crippen molar-refractivity contribution < 1.29 is 9.90 Å². The Morgan fingerprint density at radius 1 is 1.41 bits per heavy atom. The van der Waals surface area contributed by atoms with Gasteiger partial charge in [0.05, 0.1) is 11.1 Å². The number of carbonyl (C=O) groups is 1. The molecule has 3 rings (SSSR count). The predicted molar refractivity (Wildman–Crippen MR) is 87.0 cm³/mol. The number of amides is 1. The van der Waals surface area contributed by atoms with Gasteiger partial charge in [-0.2, -0.15) is 0 Å². The maximum absolute atomic E-state index is 12.4. The van der Waals surface area contributed by atoms with Crippen LogP contribution in [-0.4, -0.2) is 28.1 Å². The van der Waals surface area contributed by atoms with Crippen LogP contribution in [0.5, 0.6) is 0 Å². The summed E-state index contributed by atoms with van der Waals surface area (Å²) in [4.78, 5) is 16.6. The average molecular weight is 316 g/mol. The first-order chi connectivity index (χ1) is 10.6. The summed E-state index contributed by atoms with van der Waals surface area (Å²) in [5.74, 6) is 0.213. The topological polar surface area (TPSA) is 62.2 Å². The van der Waals surface area contributed by atoms with Crippen molar-refractivity contribution >= 4 is 17.2 Å². The Morgan fingerprint density at radius 2 is 2.14 bits per heavy atom. The van der Waals surface area contributed by atoms with Crippen molar-refractivity contribution in [2.24, 2.45) is 5.92 Å². The molecule has 1 atom stereocenters. The molecular formula is C17H20N2O2S. The molecule has 1 amide bonds. The van der Waals surface area contributed by atoms with Crippen molar-refractivity contribution in [3.8, 4) is 0 Å². The van der Waals surface area contributed by atoms with E-state index in [1.807, 2.05) is 25.1 Å². The quantitative estimate of drug-likeness (QED) is 0.891. The van der Waals surface area contributed by atoms with Gasteiger partial charge in [0.25, 0.3) is 5.91 Å². The Kier molecular flexibility index (Phi) is 4.55. The van der Waals surface area contributed by atoms with Crippen LogP contribution in [0.2, 0.25) is 0 Å². The number of rotatable bonds is 5. The second-order valence-electron chi connectivity index (χ2n) is 5.91. The van der Waals surface area contributed by atoms with Gasteiger partial charge in [-0.25, -0.2) is 4.98 Å². The van der Waals surface area contributed by atoms with E-state index in [1.54, 1.807) is 5.38 Å². The number of hydrogen-bond acceptors (Lipinski definition) is 4. The number of nitrogens with one attached hydrogen (secondary N) is 1. The molecule has 1 aliphatic carbocycles. The third-order valence-corrected chi connectivity index (χ3v) is 4.96. The van der Waals surface area contributed by atoms with Gasteiger partial charge < -0.3 is 10.4 Å². The van der Waals surface area contributed by atoms with E-state index in [0.717, 1.165) is 24.3 Å². The maximum atomic E-state index is 12.4. The Morgan fingerprint density at radius 3 is 2.73 bits per heavy atom. The lowest BCUT2D eigenvalue weighted by Crippen LogP contribution is -2.48. The van der Waals surface area contributed by atoms with Crippen LogP contribution in [0, 0.1) is 12.8 Å². The average Bonchev–Trinajstić information content (AvgIpc) is 2.91. The molecule has 1 unspecified atom stereocenters. The molecule has 0 aliphatic heterocycles. The molecule has 22 heavy (non-hydrogen) atoms. The zero-order chi connectivity index (χ0) is 15.5. The maximum Gasteiger partial charge on any atom is 0.270 e. The molecule has 1 saturated carbocycles. The summed E-state index contributed by atoms with van der Waals surface area (Å²) in [5, 5.41) is 15.4. The summed E-state index contributed by atoms with van der Waals surface area (Å²) in [6, 6.07) is 10.2. The lowest BCUT2D eigenvalue weighted by Gasteiger charge is -2.38. The first-order valence-electron chi connectivity index (χ1n) is 7.57. The minimum Gasteiger partial charge on any atom is -0.393 e. The lowest BCUT2D eigenvalue weighted by atomic mass is 9.75. The van der Waals surface area contributed by atoms with Gasteiger partial charge in [0, 0.05) is 11.4 Å². The van der Waals surface area contributed by atoms with Crippen LogP contribution >= 0.6 is 11.3 Å². The Balaban J connectivity index is 1.69. The zero-order valence-corrected chi connectivity index (χ0v) is 13.3. The number of aliphatic hydroxyl groups excluding tert-OH is 1. The second kappa shape index (κ2) is 6.58. The minimum absolute atomic E-state index is 0.0420. The van der Waals surface area contributed by atoms with E-state index in [2.05, 4.69) is 22.4 Å². The lowest BCUT2D eigenvalue weighted by molar-refractivity contribution is 0.0239. The van der Waals surface area contributed by atoms with E-state index in [0.29, 0.717) is 11.6 Å². The highest BCUT2D eigenvalue weighted by Gasteiger charge is 2.35. The first-order valence-corrected chi connectivity index (χ1v) is 8.45. The smallest absolute Gasteiger partial charge is 0.270 e. The molecule has 0 spiro atoms. The van der Waals surface area contributed by atoms with Crippen molar-refractivity contribution in [2.75, 3.05) is 0 Å². The molecule has 5 heteroatoms. The second-order valence-corrected chi connectivity index (χ2v) is 6.97. The van der Waals surface area contributed by atoms with Crippen LogP contribution in [0.25, 0.3) is 0 Å². The number of aliphatic hydroxyl groups is 1. The van der Waals surface area contributed by atoms with E-state index in [1.165, 1.54) is 16.9 Å². The highest BCUT2D eigenvalue weighted by molar-refractivity contribution is 7.09. The van der Waals surface area contributed by atoms with Crippen molar-refractivity contribution in [2.45, 2.75) is 38.3 Å². The third kappa shape index (κ3) is 3.54. The van der Waals surface area contributed by atoms with Crippen LogP contribution < -0.4 is 5.32 Å². The molecular weight excluding hydrogens is 296 g/mol. The van der Waals surface area contributed by atoms with Gasteiger partial charge in [-0.05, 0) is 37.7 Å². The number of benzene rings is 1. The Hall–Kier alpha value is -1.72. The van der Waals surface area contributed by atoms with E-state index < -0.39 is 0 Å². The first kappa shape index (κ1) is 15.2. The molecule has 2 N–H and O–H groups in total. The number of carbonyl (C=O) groups excluding carboxylic acids is 1. The molecule has 1 fully saturated rings. The monoisotopic (exact) mass is 316 g/mol. The van der Waals surface area contributed by atoms with E-state index in [-0.39, 0.29) is 18.1 Å². The fourth-order valence-electron chi connectivity index (χ4n) is 2.87. The molecule has 116 valence electrons. The summed E-state index contributed by atoms with van der Waals surface area (Å²) >= 11 is 1.48. The number of thiazole rings is 1. The highest BCUT2D eigenvalue weighted by atomic mass is 32.1. The van der Waals surface area contributed by atoms with Gasteiger partial charge in [-0.15, -0.1) is 11.3 Å². The summed E-state index contributed by atoms with van der Waals surface area (Å²) in [5.41, 5.74) is 1.68. The van der Waals surface area contributed by atoms with E-state index in [9.17, 15) is 9.90 Å². The molecule has 1 aromatic heterocycles. The Bertz CT molecular complexity index is 635. The van der Waals surface area contributed by atoms with Crippen molar-refractivity contribution in [3.05, 3.63) is 52.0 Å². The number of aryl methyl sites for hydroxylation is 1. The molecule has 1 heterocycles. The summed E-state index contributed by atoms with van der Waals surface area (Å²) in [6.07, 6.45) is 2.08. The van der Waals surface area contributed by atoms with Crippen LogP contribution in [-0.2, 0) is 6.42 Å². The predicted octanol–water partition coefficient (Wildman–Crippen LogP) is 2.56. The minimum atomic E-state index is -0.221. The van der Waals surface area contributed by atoms with Crippen LogP contribution in [0.3, 0.4) is 0 Å². The number of hydrogen-bond donors (Lipinski definition) is 2. The molecule has 1 aliphatic rings. The van der Waals surface area contributed by atoms with E-state index in [4.69, 9.17) is 0 Å². The molecule has 0 radical (unpaired) electrons. The highest BCUT2D eigenvalue weighted by Crippen LogP contribution is 2.32. The van der Waals surface area contributed by atoms with Gasteiger partial charge in [-0.3, -0.25) is 4.79 Å². The van der Waals surface area contributed by atoms with Crippen LogP contribution in [0.4, 0.5) is 0 Å². The fraction of sp³-hybridized carbons (Fsp3) is 0.412. The SMILES string of the molecule is Cc1nc(C(=O)NC(Cc2ccccc2)C2CC(O)C2)cs1. The standard InChI is InChI=1S/C17H20N2O2S/c1-11-18-16(10-22-11)17(21)19-15(13-8-14(20)9-13)7-12-5-3-2-4-6-12/h2-6,10,13-15,20H,7-9H2,1H3,(H,19,21). The summed E-state index contributed by atoms with van der Waals surface area (Å²) < 4.78 is 0. The number of aromatic nitrogens is 1. The molecule has 0 bridgehead atoms. The van der Waals surface area contributed by atoms with E-state index >= 15 is 0 Å². The largest absolute Gasteiger partial charge is 0.393 e. The zero-order valence-electron chi connectivity index (χ0n) is 12.5. The summed E-state index contributed by atoms with van der Waals surface area (Å²) in [7, 11) is 0. The van der Waals surface area contributed by atoms with Crippen molar-refractivity contribution in [3.63, 3.8) is 0 Å². The Labute approximate surface area is 134 Å². The van der Waals surface area contributed by atoms with Crippen molar-refractivity contribution in [1.82, 2.24) is 10.3 Å².